The van der Waals surface area contributed by atoms with Crippen LogP contribution in [0.2, 0.25) is 0 Å². The van der Waals surface area contributed by atoms with Gasteiger partial charge in [-0.3, -0.25) is 4.79 Å². The first-order valence-corrected chi connectivity index (χ1v) is 8.40. The van der Waals surface area contributed by atoms with E-state index in [0.29, 0.717) is 32.3 Å². The molecule has 0 aliphatic carbocycles. The number of benzene rings is 1. The summed E-state index contributed by atoms with van der Waals surface area (Å²) in [6.07, 6.45) is 3.81. The fourth-order valence-electron chi connectivity index (χ4n) is 2.46. The Morgan fingerprint density at radius 1 is 1.30 bits per heavy atom. The van der Waals surface area contributed by atoms with Gasteiger partial charge in [-0.25, -0.2) is 18.6 Å². The van der Waals surface area contributed by atoms with Crippen LogP contribution < -0.4 is 4.74 Å². The molecule has 2 rings (SSSR count). The van der Waals surface area contributed by atoms with Crippen LogP contribution in [0.3, 0.4) is 0 Å². The van der Waals surface area contributed by atoms with E-state index in [4.69, 9.17) is 9.47 Å². The Bertz CT molecular complexity index is 731. The second-order valence-electron chi connectivity index (χ2n) is 5.87. The largest absolute Gasteiger partial charge is 0.490 e. The first-order chi connectivity index (χ1) is 12.9. The van der Waals surface area contributed by atoms with Crippen molar-refractivity contribution in [2.75, 3.05) is 20.1 Å². The number of halogens is 2. The molecule has 1 saturated heterocycles. The summed E-state index contributed by atoms with van der Waals surface area (Å²) in [5.41, 5.74) is 0. The minimum Gasteiger partial charge on any atom is -0.490 e. The SMILES string of the molecule is C/C=C\C(=N/N(C)C=O)OC(=O)N1CCC(Oc2ccc(F)c(F)c2)CC1. The summed E-state index contributed by atoms with van der Waals surface area (Å²) < 4.78 is 37.0. The molecule has 0 atom stereocenters. The molecule has 0 saturated carbocycles. The number of likely N-dealkylation sites (tertiary alicyclic amines) is 1. The van der Waals surface area contributed by atoms with E-state index in [1.165, 1.54) is 24.1 Å². The number of carbonyl (C=O) groups is 2. The van der Waals surface area contributed by atoms with Gasteiger partial charge in [0.15, 0.2) is 11.6 Å². The summed E-state index contributed by atoms with van der Waals surface area (Å²) in [6.45, 7) is 2.48. The van der Waals surface area contributed by atoms with Crippen LogP contribution in [0.1, 0.15) is 19.8 Å². The number of piperidine rings is 1. The normalized spacial score (nSPS) is 15.7. The highest BCUT2D eigenvalue weighted by Gasteiger charge is 2.26. The lowest BCUT2D eigenvalue weighted by molar-refractivity contribution is -0.117. The molecule has 0 aromatic heterocycles. The third-order valence-corrected chi connectivity index (χ3v) is 3.80. The van der Waals surface area contributed by atoms with Crippen molar-refractivity contribution < 1.29 is 27.8 Å². The average Bonchev–Trinajstić information content (AvgIpc) is 2.65. The first kappa shape index (κ1) is 20.3. The van der Waals surface area contributed by atoms with Crippen molar-refractivity contribution in [1.82, 2.24) is 9.91 Å². The number of allylic oxidation sites excluding steroid dienone is 1. The van der Waals surface area contributed by atoms with Gasteiger partial charge in [0.2, 0.25) is 12.3 Å². The van der Waals surface area contributed by atoms with Crippen LogP contribution in [0.15, 0.2) is 35.5 Å². The zero-order valence-corrected chi connectivity index (χ0v) is 15.1. The molecule has 1 aliphatic heterocycles. The van der Waals surface area contributed by atoms with Gasteiger partial charge in [0.05, 0.1) is 0 Å². The van der Waals surface area contributed by atoms with E-state index < -0.39 is 17.7 Å². The Morgan fingerprint density at radius 3 is 2.59 bits per heavy atom. The van der Waals surface area contributed by atoms with Crippen LogP contribution in [-0.4, -0.2) is 54.6 Å². The number of rotatable bonds is 5. The van der Waals surface area contributed by atoms with Gasteiger partial charge in [0, 0.05) is 39.0 Å². The second-order valence-corrected chi connectivity index (χ2v) is 5.87. The molecule has 0 bridgehead atoms. The van der Waals surface area contributed by atoms with E-state index in [-0.39, 0.29) is 17.8 Å². The fourth-order valence-corrected chi connectivity index (χ4v) is 2.46. The summed E-state index contributed by atoms with van der Waals surface area (Å²) in [5.74, 6) is -1.66. The number of amides is 2. The predicted octanol–water partition coefficient (Wildman–Crippen LogP) is 2.92. The van der Waals surface area contributed by atoms with Crippen molar-refractivity contribution in [1.29, 1.82) is 0 Å². The Kier molecular flexibility index (Phi) is 7.27. The van der Waals surface area contributed by atoms with Crippen LogP contribution in [-0.2, 0) is 9.53 Å². The fraction of sp³-hybridized carbons (Fsp3) is 0.389. The molecule has 0 unspecified atom stereocenters. The van der Waals surface area contributed by atoms with E-state index in [1.807, 2.05) is 0 Å². The maximum absolute atomic E-state index is 13.2. The van der Waals surface area contributed by atoms with Crippen molar-refractivity contribution in [3.8, 4) is 5.75 Å². The number of nitrogens with zero attached hydrogens (tertiary/aromatic N) is 3. The molecule has 2 amide bonds. The average molecular weight is 381 g/mol. The standard InChI is InChI=1S/C18H21F2N3O4/c1-3-4-17(21-22(2)12-24)27-18(25)23-9-7-13(8-10-23)26-14-5-6-15(19)16(20)11-14/h3-6,11-13H,7-10H2,1-2H3/b4-3-,21-17+. The molecular weight excluding hydrogens is 360 g/mol. The second kappa shape index (κ2) is 9.65. The minimum absolute atomic E-state index is 0.00254. The lowest BCUT2D eigenvalue weighted by atomic mass is 10.1. The lowest BCUT2D eigenvalue weighted by Crippen LogP contribution is -2.42. The van der Waals surface area contributed by atoms with E-state index in [1.54, 1.807) is 13.0 Å². The summed E-state index contributed by atoms with van der Waals surface area (Å²) in [6, 6.07) is 3.37. The number of hydrogen-bond donors (Lipinski definition) is 0. The highest BCUT2D eigenvalue weighted by Crippen LogP contribution is 2.21. The van der Waals surface area contributed by atoms with Crippen LogP contribution >= 0.6 is 0 Å². The predicted molar refractivity (Wildman–Crippen MR) is 94.1 cm³/mol. The van der Waals surface area contributed by atoms with Crippen molar-refractivity contribution >= 4 is 18.4 Å². The van der Waals surface area contributed by atoms with E-state index in [2.05, 4.69) is 5.10 Å². The van der Waals surface area contributed by atoms with E-state index >= 15 is 0 Å². The van der Waals surface area contributed by atoms with Crippen molar-refractivity contribution in [2.24, 2.45) is 5.10 Å². The highest BCUT2D eigenvalue weighted by atomic mass is 19.2. The summed E-state index contributed by atoms with van der Waals surface area (Å²) in [5, 5.41) is 4.83. The Balaban J connectivity index is 1.88. The van der Waals surface area contributed by atoms with Gasteiger partial charge < -0.3 is 14.4 Å². The van der Waals surface area contributed by atoms with Crippen LogP contribution in [0.5, 0.6) is 5.75 Å². The van der Waals surface area contributed by atoms with Gasteiger partial charge in [-0.15, -0.1) is 5.10 Å². The van der Waals surface area contributed by atoms with Gasteiger partial charge in [-0.1, -0.05) is 6.08 Å². The zero-order chi connectivity index (χ0) is 19.8. The Hall–Kier alpha value is -2.97. The third-order valence-electron chi connectivity index (χ3n) is 3.80. The van der Waals surface area contributed by atoms with Crippen molar-refractivity contribution in [3.63, 3.8) is 0 Å². The maximum Gasteiger partial charge on any atom is 0.416 e. The topological polar surface area (TPSA) is 71.4 Å². The molecule has 9 heteroatoms. The van der Waals surface area contributed by atoms with E-state index in [0.717, 1.165) is 17.1 Å². The number of hydrogen-bond acceptors (Lipinski definition) is 5. The first-order valence-electron chi connectivity index (χ1n) is 8.40. The Labute approximate surface area is 155 Å². The molecule has 1 aliphatic rings. The lowest BCUT2D eigenvalue weighted by Gasteiger charge is -2.31. The number of carbonyl (C=O) groups excluding carboxylic acids is 2. The molecule has 146 valence electrons. The molecule has 27 heavy (non-hydrogen) atoms. The molecule has 0 spiro atoms. The van der Waals surface area contributed by atoms with Crippen LogP contribution in [0, 0.1) is 11.6 Å². The summed E-state index contributed by atoms with van der Waals surface area (Å²) in [4.78, 5) is 24.4. The van der Waals surface area contributed by atoms with Gasteiger partial charge >= 0.3 is 6.09 Å². The van der Waals surface area contributed by atoms with Gasteiger partial charge in [-0.2, -0.15) is 0 Å². The molecule has 1 fully saturated rings. The number of hydrazone groups is 1. The van der Waals surface area contributed by atoms with Crippen LogP contribution in [0.25, 0.3) is 0 Å². The van der Waals surface area contributed by atoms with Crippen molar-refractivity contribution in [2.45, 2.75) is 25.9 Å². The summed E-state index contributed by atoms with van der Waals surface area (Å²) >= 11 is 0. The van der Waals surface area contributed by atoms with Crippen molar-refractivity contribution in [3.05, 3.63) is 42.0 Å². The molecule has 0 radical (unpaired) electrons. The molecule has 1 aromatic carbocycles. The maximum atomic E-state index is 13.2. The molecule has 0 N–H and O–H groups in total. The molecular formula is C18H21F2N3O4. The smallest absolute Gasteiger partial charge is 0.416 e. The van der Waals surface area contributed by atoms with Gasteiger partial charge in [0.25, 0.3) is 0 Å². The quantitative estimate of drug-likeness (QED) is 0.340. The van der Waals surface area contributed by atoms with Crippen LogP contribution in [0.4, 0.5) is 13.6 Å². The molecule has 1 aromatic rings. The highest BCUT2D eigenvalue weighted by molar-refractivity contribution is 5.95. The molecule has 7 nitrogen and oxygen atoms in total. The summed E-state index contributed by atoms with van der Waals surface area (Å²) in [7, 11) is 1.42. The van der Waals surface area contributed by atoms with Gasteiger partial charge in [0.1, 0.15) is 11.9 Å². The zero-order valence-electron chi connectivity index (χ0n) is 15.1. The minimum atomic E-state index is -0.968. The van der Waals surface area contributed by atoms with E-state index in [9.17, 15) is 18.4 Å². The number of ether oxygens (including phenoxy) is 2. The monoisotopic (exact) mass is 381 g/mol. The van der Waals surface area contributed by atoms with Gasteiger partial charge in [-0.05, 0) is 25.1 Å². The Morgan fingerprint density at radius 2 is 2.00 bits per heavy atom. The molecule has 1 heterocycles. The third kappa shape index (κ3) is 6.05.